The highest BCUT2D eigenvalue weighted by molar-refractivity contribution is 6.22. The summed E-state index contributed by atoms with van der Waals surface area (Å²) in [5.41, 5.74) is 1.73. The number of amides is 3. The zero-order valence-electron chi connectivity index (χ0n) is 14.2. The quantitative estimate of drug-likeness (QED) is 0.849. The molecular weight excluding hydrogens is 318 g/mol. The van der Waals surface area contributed by atoms with Gasteiger partial charge in [0.1, 0.15) is 0 Å². The molecule has 25 heavy (non-hydrogen) atoms. The highest BCUT2D eigenvalue weighted by Crippen LogP contribution is 2.24. The van der Waals surface area contributed by atoms with E-state index >= 15 is 0 Å². The van der Waals surface area contributed by atoms with E-state index in [0.717, 1.165) is 5.69 Å². The molecule has 1 aliphatic rings. The fraction of sp³-hybridized carbons (Fsp3) is 0.263. The maximum absolute atomic E-state index is 12.5. The second-order valence-corrected chi connectivity index (χ2v) is 6.38. The summed E-state index contributed by atoms with van der Waals surface area (Å²) in [5.74, 6) is -0.762. The Balaban J connectivity index is 1.76. The van der Waals surface area contributed by atoms with Crippen LogP contribution in [-0.4, -0.2) is 34.2 Å². The van der Waals surface area contributed by atoms with Crippen LogP contribution in [0.5, 0.6) is 0 Å². The van der Waals surface area contributed by atoms with E-state index in [0.29, 0.717) is 24.2 Å². The first-order valence-corrected chi connectivity index (χ1v) is 8.15. The Morgan fingerprint density at radius 1 is 1.12 bits per heavy atom. The average molecular weight is 337 g/mol. The van der Waals surface area contributed by atoms with Crippen molar-refractivity contribution in [3.05, 3.63) is 65.0 Å². The van der Waals surface area contributed by atoms with E-state index in [1.54, 1.807) is 24.4 Å². The lowest BCUT2D eigenvalue weighted by atomic mass is 10.1. The normalized spacial score (nSPS) is 13.3. The molecule has 1 aromatic heterocycles. The molecule has 0 saturated heterocycles. The number of hydrogen-bond acceptors (Lipinski definition) is 4. The number of pyridine rings is 1. The van der Waals surface area contributed by atoms with Crippen LogP contribution in [0.1, 0.15) is 50.6 Å². The zero-order chi connectivity index (χ0) is 18.0. The van der Waals surface area contributed by atoms with E-state index in [9.17, 15) is 14.4 Å². The largest absolute Gasteiger partial charge is 0.346 e. The smallest absolute Gasteiger partial charge is 0.261 e. The van der Waals surface area contributed by atoms with Gasteiger partial charge in [-0.25, -0.2) is 0 Å². The van der Waals surface area contributed by atoms with Crippen molar-refractivity contribution in [1.82, 2.24) is 15.2 Å². The fourth-order valence-corrected chi connectivity index (χ4v) is 2.74. The van der Waals surface area contributed by atoms with E-state index in [-0.39, 0.29) is 29.2 Å². The molecule has 0 unspecified atom stereocenters. The van der Waals surface area contributed by atoms with Gasteiger partial charge in [0.05, 0.1) is 23.4 Å². The molecule has 3 rings (SSSR count). The predicted molar refractivity (Wildman–Crippen MR) is 92.1 cm³/mol. The van der Waals surface area contributed by atoms with Crippen molar-refractivity contribution in [3.63, 3.8) is 0 Å². The van der Waals surface area contributed by atoms with Gasteiger partial charge in [0.2, 0.25) is 0 Å². The first-order chi connectivity index (χ1) is 12.0. The van der Waals surface area contributed by atoms with E-state index in [1.807, 2.05) is 26.0 Å². The topological polar surface area (TPSA) is 79.4 Å². The SMILES string of the molecule is CC(C)CN1C(=O)c2ccc(C(=O)NCc3ccccn3)cc2C1=O. The van der Waals surface area contributed by atoms with E-state index in [2.05, 4.69) is 10.3 Å². The van der Waals surface area contributed by atoms with Gasteiger partial charge in [-0.2, -0.15) is 0 Å². The number of hydrogen-bond donors (Lipinski definition) is 1. The third-order valence-corrected chi connectivity index (χ3v) is 3.94. The van der Waals surface area contributed by atoms with Gasteiger partial charge < -0.3 is 5.32 Å². The molecule has 6 nitrogen and oxygen atoms in total. The van der Waals surface area contributed by atoms with Crippen molar-refractivity contribution in [1.29, 1.82) is 0 Å². The van der Waals surface area contributed by atoms with Gasteiger partial charge in [-0.05, 0) is 36.2 Å². The lowest BCUT2D eigenvalue weighted by Gasteiger charge is -2.15. The van der Waals surface area contributed by atoms with Crippen LogP contribution in [0.25, 0.3) is 0 Å². The molecule has 2 heterocycles. The number of aromatic nitrogens is 1. The van der Waals surface area contributed by atoms with Crippen LogP contribution < -0.4 is 5.32 Å². The molecule has 6 heteroatoms. The van der Waals surface area contributed by atoms with Crippen molar-refractivity contribution < 1.29 is 14.4 Å². The first-order valence-electron chi connectivity index (χ1n) is 8.15. The van der Waals surface area contributed by atoms with Crippen molar-refractivity contribution in [3.8, 4) is 0 Å². The number of imide groups is 1. The monoisotopic (exact) mass is 337 g/mol. The third kappa shape index (κ3) is 3.42. The minimum absolute atomic E-state index is 0.184. The number of nitrogens with zero attached hydrogens (tertiary/aromatic N) is 2. The molecule has 3 amide bonds. The zero-order valence-corrected chi connectivity index (χ0v) is 14.2. The number of benzene rings is 1. The molecule has 1 aromatic carbocycles. The maximum Gasteiger partial charge on any atom is 0.261 e. The molecular formula is C19H19N3O3. The number of carbonyl (C=O) groups excluding carboxylic acids is 3. The molecule has 128 valence electrons. The van der Waals surface area contributed by atoms with E-state index in [1.165, 1.54) is 11.0 Å². The molecule has 0 saturated carbocycles. The van der Waals surface area contributed by atoms with Crippen molar-refractivity contribution in [2.24, 2.45) is 5.92 Å². The van der Waals surface area contributed by atoms with Crippen LogP contribution in [0.4, 0.5) is 0 Å². The molecule has 0 aliphatic carbocycles. The standard InChI is InChI=1S/C19H19N3O3/c1-12(2)11-22-18(24)15-7-6-13(9-16(15)19(22)25)17(23)21-10-14-5-3-4-8-20-14/h3-9,12H,10-11H2,1-2H3,(H,21,23). The van der Waals surface area contributed by atoms with Gasteiger partial charge in [0.15, 0.2) is 0 Å². The Kier molecular flexibility index (Phi) is 4.61. The Labute approximate surface area is 145 Å². The highest BCUT2D eigenvalue weighted by Gasteiger charge is 2.36. The number of fused-ring (bicyclic) bond motifs is 1. The summed E-state index contributed by atoms with van der Waals surface area (Å²) in [6.45, 7) is 4.55. The number of rotatable bonds is 5. The van der Waals surface area contributed by atoms with Crippen LogP contribution in [0.2, 0.25) is 0 Å². The van der Waals surface area contributed by atoms with E-state index in [4.69, 9.17) is 0 Å². The van der Waals surface area contributed by atoms with E-state index < -0.39 is 0 Å². The molecule has 0 atom stereocenters. The molecule has 1 N–H and O–H groups in total. The summed E-state index contributed by atoms with van der Waals surface area (Å²) >= 11 is 0. The van der Waals surface area contributed by atoms with Gasteiger partial charge >= 0.3 is 0 Å². The second-order valence-electron chi connectivity index (χ2n) is 6.38. The van der Waals surface area contributed by atoms with Crippen molar-refractivity contribution in [2.45, 2.75) is 20.4 Å². The van der Waals surface area contributed by atoms with Crippen LogP contribution >= 0.6 is 0 Å². The second kappa shape index (κ2) is 6.84. The Morgan fingerprint density at radius 2 is 1.88 bits per heavy atom. The number of carbonyl (C=O) groups is 3. The molecule has 1 aliphatic heterocycles. The van der Waals surface area contributed by atoms with Crippen LogP contribution in [-0.2, 0) is 6.54 Å². The summed E-state index contributed by atoms with van der Waals surface area (Å²) < 4.78 is 0. The first kappa shape index (κ1) is 16.8. The van der Waals surface area contributed by atoms with Crippen molar-refractivity contribution >= 4 is 17.7 Å². The minimum Gasteiger partial charge on any atom is -0.346 e. The Hall–Kier alpha value is -3.02. The molecule has 0 fully saturated rings. The van der Waals surface area contributed by atoms with Crippen molar-refractivity contribution in [2.75, 3.05) is 6.54 Å². The molecule has 0 spiro atoms. The van der Waals surface area contributed by atoms with Crippen LogP contribution in [0.3, 0.4) is 0 Å². The summed E-state index contributed by atoms with van der Waals surface area (Å²) in [7, 11) is 0. The molecule has 0 radical (unpaired) electrons. The van der Waals surface area contributed by atoms with Gasteiger partial charge in [-0.3, -0.25) is 24.3 Å². The molecule has 2 aromatic rings. The summed E-state index contributed by atoms with van der Waals surface area (Å²) in [6.07, 6.45) is 1.66. The summed E-state index contributed by atoms with van der Waals surface area (Å²) in [4.78, 5) is 42.5. The lowest BCUT2D eigenvalue weighted by molar-refractivity contribution is 0.0636. The predicted octanol–water partition coefficient (Wildman–Crippen LogP) is 2.26. The van der Waals surface area contributed by atoms with Gasteiger partial charge in [0, 0.05) is 18.3 Å². The molecule has 0 bridgehead atoms. The summed E-state index contributed by atoms with van der Waals surface area (Å²) in [5, 5.41) is 2.76. The van der Waals surface area contributed by atoms with Crippen LogP contribution in [0, 0.1) is 5.92 Å². The number of nitrogens with one attached hydrogen (secondary N) is 1. The lowest BCUT2D eigenvalue weighted by Crippen LogP contribution is -2.33. The third-order valence-electron chi connectivity index (χ3n) is 3.94. The Bertz CT molecular complexity index is 831. The highest BCUT2D eigenvalue weighted by atomic mass is 16.2. The Morgan fingerprint density at radius 3 is 2.56 bits per heavy atom. The average Bonchev–Trinajstić information content (AvgIpc) is 2.84. The van der Waals surface area contributed by atoms with Gasteiger partial charge in [-0.1, -0.05) is 19.9 Å². The van der Waals surface area contributed by atoms with Gasteiger partial charge in [0.25, 0.3) is 17.7 Å². The van der Waals surface area contributed by atoms with Crippen LogP contribution in [0.15, 0.2) is 42.6 Å². The minimum atomic E-state index is -0.340. The summed E-state index contributed by atoms with van der Waals surface area (Å²) in [6, 6.07) is 10.1. The fourth-order valence-electron chi connectivity index (χ4n) is 2.74. The van der Waals surface area contributed by atoms with Gasteiger partial charge in [-0.15, -0.1) is 0 Å². The maximum atomic E-state index is 12.5.